The minimum Gasteiger partial charge on any atom is -0.463 e. The van der Waals surface area contributed by atoms with E-state index in [1.807, 2.05) is 30.3 Å². The summed E-state index contributed by atoms with van der Waals surface area (Å²) in [4.78, 5) is 23.6. The molecule has 2 rings (SSSR count). The Balaban J connectivity index is 2.18. The largest absolute Gasteiger partial charge is 0.463 e. The second kappa shape index (κ2) is 6.78. The molecule has 0 aromatic heterocycles. The van der Waals surface area contributed by atoms with Gasteiger partial charge in [0.25, 0.3) is 0 Å². The first-order valence-corrected chi connectivity index (χ1v) is 6.88. The van der Waals surface area contributed by atoms with Gasteiger partial charge in [-0.25, -0.2) is 9.59 Å². The van der Waals surface area contributed by atoms with Crippen LogP contribution >= 0.6 is 0 Å². The van der Waals surface area contributed by atoms with Crippen molar-refractivity contribution in [2.45, 2.75) is 19.9 Å². The lowest BCUT2D eigenvalue weighted by atomic mass is 10.0. The number of ether oxygens (including phenoxy) is 1. The average molecular weight is 289 g/mol. The van der Waals surface area contributed by atoms with Crippen LogP contribution in [0.25, 0.3) is 0 Å². The molecular weight excluding hydrogens is 270 g/mol. The Hall–Kier alpha value is -2.50. The third kappa shape index (κ3) is 3.75. The highest BCUT2D eigenvalue weighted by Crippen LogP contribution is 2.15. The molecule has 21 heavy (non-hydrogen) atoms. The van der Waals surface area contributed by atoms with Gasteiger partial charge in [-0.1, -0.05) is 18.2 Å². The Labute approximate surface area is 123 Å². The number of hydrogen-bond donors (Lipinski definition) is 3. The number of esters is 1. The minimum absolute atomic E-state index is 0.294. The molecule has 6 nitrogen and oxygen atoms in total. The summed E-state index contributed by atoms with van der Waals surface area (Å²) >= 11 is 0. The summed E-state index contributed by atoms with van der Waals surface area (Å²) in [5, 5.41) is 8.51. The van der Waals surface area contributed by atoms with Crippen molar-refractivity contribution in [3.05, 3.63) is 41.6 Å². The van der Waals surface area contributed by atoms with Crippen LogP contribution in [0.5, 0.6) is 0 Å². The molecule has 2 amide bonds. The number of anilines is 1. The number of benzene rings is 1. The van der Waals surface area contributed by atoms with Gasteiger partial charge in [0, 0.05) is 5.69 Å². The van der Waals surface area contributed by atoms with Gasteiger partial charge < -0.3 is 20.7 Å². The predicted molar refractivity (Wildman–Crippen MR) is 79.7 cm³/mol. The Kier molecular flexibility index (Phi) is 4.81. The van der Waals surface area contributed by atoms with E-state index in [4.69, 9.17) is 4.74 Å². The number of urea groups is 1. The molecule has 1 aliphatic heterocycles. The Morgan fingerprint density at radius 2 is 2.05 bits per heavy atom. The van der Waals surface area contributed by atoms with Crippen LogP contribution in [0.15, 0.2) is 41.6 Å². The van der Waals surface area contributed by atoms with Crippen LogP contribution in [0, 0.1) is 0 Å². The molecule has 0 saturated carbocycles. The molecule has 0 saturated heterocycles. The number of hydrogen-bond acceptors (Lipinski definition) is 4. The number of carbonyl (C=O) groups is 2. The van der Waals surface area contributed by atoms with E-state index in [2.05, 4.69) is 16.0 Å². The lowest BCUT2D eigenvalue weighted by molar-refractivity contribution is -0.138. The molecule has 0 bridgehead atoms. The van der Waals surface area contributed by atoms with Gasteiger partial charge >= 0.3 is 12.0 Å². The first-order chi connectivity index (χ1) is 10.1. The Morgan fingerprint density at radius 1 is 1.33 bits per heavy atom. The zero-order valence-electron chi connectivity index (χ0n) is 12.1. The maximum atomic E-state index is 12.0. The van der Waals surface area contributed by atoms with Crippen LogP contribution in [-0.4, -0.2) is 31.2 Å². The molecular formula is C15H19N3O3. The van der Waals surface area contributed by atoms with Gasteiger partial charge in [-0.15, -0.1) is 0 Å². The summed E-state index contributed by atoms with van der Waals surface area (Å²) in [7, 11) is 0. The number of carbonyl (C=O) groups excluding carboxylic acids is 2. The van der Waals surface area contributed by atoms with Gasteiger partial charge in [-0.05, 0) is 26.0 Å². The van der Waals surface area contributed by atoms with Crippen molar-refractivity contribution in [3.8, 4) is 0 Å². The van der Waals surface area contributed by atoms with Crippen molar-refractivity contribution in [1.29, 1.82) is 0 Å². The standard InChI is InChI=1S/C15H19N3O3/c1-3-21-14(19)13-10(2)17-15(20)18-12(13)9-16-11-7-5-4-6-8-11/h4-8,10,16H,3,9H2,1-2H3,(H2,17,18,20). The van der Waals surface area contributed by atoms with E-state index in [1.165, 1.54) is 0 Å². The maximum absolute atomic E-state index is 12.0. The summed E-state index contributed by atoms with van der Waals surface area (Å²) in [5.74, 6) is -0.414. The molecule has 1 aromatic carbocycles. The lowest BCUT2D eigenvalue weighted by Crippen LogP contribution is -2.50. The Bertz CT molecular complexity index is 555. The molecule has 0 fully saturated rings. The third-order valence-electron chi connectivity index (χ3n) is 3.11. The average Bonchev–Trinajstić information content (AvgIpc) is 2.45. The number of rotatable bonds is 5. The van der Waals surface area contributed by atoms with Crippen LogP contribution in [-0.2, 0) is 9.53 Å². The van der Waals surface area contributed by atoms with Crippen molar-refractivity contribution in [1.82, 2.24) is 10.6 Å². The fourth-order valence-corrected chi connectivity index (χ4v) is 2.17. The van der Waals surface area contributed by atoms with Gasteiger partial charge in [-0.2, -0.15) is 0 Å². The van der Waals surface area contributed by atoms with E-state index in [9.17, 15) is 9.59 Å². The molecule has 1 unspecified atom stereocenters. The number of para-hydroxylation sites is 1. The van der Waals surface area contributed by atoms with Crippen LogP contribution in [0.3, 0.4) is 0 Å². The van der Waals surface area contributed by atoms with Crippen LogP contribution in [0.4, 0.5) is 10.5 Å². The van der Waals surface area contributed by atoms with Crippen molar-refractivity contribution in [3.63, 3.8) is 0 Å². The first kappa shape index (κ1) is 14.9. The molecule has 0 radical (unpaired) electrons. The topological polar surface area (TPSA) is 79.5 Å². The maximum Gasteiger partial charge on any atom is 0.337 e. The van der Waals surface area contributed by atoms with Gasteiger partial charge in [0.1, 0.15) is 0 Å². The minimum atomic E-state index is -0.414. The van der Waals surface area contributed by atoms with E-state index in [1.54, 1.807) is 13.8 Å². The van der Waals surface area contributed by atoms with Crippen molar-refractivity contribution in [2.75, 3.05) is 18.5 Å². The molecule has 112 valence electrons. The monoisotopic (exact) mass is 289 g/mol. The van der Waals surface area contributed by atoms with Crippen LogP contribution < -0.4 is 16.0 Å². The summed E-state index contributed by atoms with van der Waals surface area (Å²) in [6.07, 6.45) is 0. The highest BCUT2D eigenvalue weighted by molar-refractivity contribution is 5.94. The van der Waals surface area contributed by atoms with E-state index in [0.717, 1.165) is 5.69 Å². The van der Waals surface area contributed by atoms with E-state index >= 15 is 0 Å². The summed E-state index contributed by atoms with van der Waals surface area (Å²) < 4.78 is 5.05. The smallest absolute Gasteiger partial charge is 0.337 e. The molecule has 1 aliphatic rings. The van der Waals surface area contributed by atoms with Gasteiger partial charge in [0.05, 0.1) is 30.5 Å². The van der Waals surface area contributed by atoms with Crippen molar-refractivity contribution in [2.24, 2.45) is 0 Å². The lowest BCUT2D eigenvalue weighted by Gasteiger charge is -2.26. The molecule has 3 N–H and O–H groups in total. The molecule has 1 atom stereocenters. The third-order valence-corrected chi connectivity index (χ3v) is 3.11. The van der Waals surface area contributed by atoms with Crippen molar-refractivity contribution < 1.29 is 14.3 Å². The number of amides is 2. The van der Waals surface area contributed by atoms with Crippen LogP contribution in [0.2, 0.25) is 0 Å². The highest BCUT2D eigenvalue weighted by Gasteiger charge is 2.29. The van der Waals surface area contributed by atoms with Gasteiger partial charge in [-0.3, -0.25) is 0 Å². The zero-order valence-corrected chi connectivity index (χ0v) is 12.1. The van der Waals surface area contributed by atoms with Crippen molar-refractivity contribution >= 4 is 17.7 Å². The predicted octanol–water partition coefficient (Wildman–Crippen LogP) is 1.62. The molecule has 1 aromatic rings. The molecule has 6 heteroatoms. The molecule has 0 aliphatic carbocycles. The summed E-state index contributed by atoms with van der Waals surface area (Å²) in [6, 6.07) is 8.86. The van der Waals surface area contributed by atoms with Crippen LogP contribution in [0.1, 0.15) is 13.8 Å². The quantitative estimate of drug-likeness (QED) is 0.720. The highest BCUT2D eigenvalue weighted by atomic mass is 16.5. The molecule has 1 heterocycles. The SMILES string of the molecule is CCOC(=O)C1=C(CNc2ccccc2)NC(=O)NC1C. The second-order valence-electron chi connectivity index (χ2n) is 4.65. The fourth-order valence-electron chi connectivity index (χ4n) is 2.17. The summed E-state index contributed by atoms with van der Waals surface area (Å²) in [5.41, 5.74) is 1.89. The fraction of sp³-hybridized carbons (Fsp3) is 0.333. The summed E-state index contributed by atoms with van der Waals surface area (Å²) in [6.45, 7) is 4.14. The Morgan fingerprint density at radius 3 is 2.71 bits per heavy atom. The van der Waals surface area contributed by atoms with E-state index in [-0.39, 0.29) is 12.1 Å². The molecule has 0 spiro atoms. The normalized spacial score (nSPS) is 17.8. The zero-order chi connectivity index (χ0) is 15.2. The van der Waals surface area contributed by atoms with Gasteiger partial charge in [0.2, 0.25) is 0 Å². The number of nitrogens with one attached hydrogen (secondary N) is 3. The van der Waals surface area contributed by atoms with E-state index in [0.29, 0.717) is 24.4 Å². The second-order valence-corrected chi connectivity index (χ2v) is 4.65. The first-order valence-electron chi connectivity index (χ1n) is 6.88. The van der Waals surface area contributed by atoms with E-state index < -0.39 is 5.97 Å². The van der Waals surface area contributed by atoms with Gasteiger partial charge in [0.15, 0.2) is 0 Å².